The van der Waals surface area contributed by atoms with E-state index in [2.05, 4.69) is 122 Å². The molecule has 0 bridgehead atoms. The maximum absolute atomic E-state index is 3.69. The summed E-state index contributed by atoms with van der Waals surface area (Å²) in [4.78, 5) is 0. The second-order valence-electron chi connectivity index (χ2n) is 15.1. The van der Waals surface area contributed by atoms with Crippen molar-refractivity contribution in [2.45, 2.75) is 119 Å². The molecule has 3 aromatic rings. The van der Waals surface area contributed by atoms with Crippen molar-refractivity contribution in [2.24, 2.45) is 11.3 Å². The van der Waals surface area contributed by atoms with Gasteiger partial charge in [-0.15, -0.1) is 16.7 Å². The van der Waals surface area contributed by atoms with Crippen LogP contribution in [0.5, 0.6) is 0 Å². The molecule has 1 saturated carbocycles. The van der Waals surface area contributed by atoms with Gasteiger partial charge in [-0.05, 0) is 35.4 Å². The molecular formula is C44H58Zr-4. The number of allylic oxidation sites excluding steroid dienone is 4. The van der Waals surface area contributed by atoms with E-state index in [1.54, 1.807) is 5.57 Å². The van der Waals surface area contributed by atoms with Gasteiger partial charge in [0.2, 0.25) is 0 Å². The van der Waals surface area contributed by atoms with Crippen molar-refractivity contribution in [3.63, 3.8) is 0 Å². The van der Waals surface area contributed by atoms with E-state index < -0.39 is 0 Å². The van der Waals surface area contributed by atoms with Gasteiger partial charge in [0.15, 0.2) is 0 Å². The van der Waals surface area contributed by atoms with E-state index in [4.69, 9.17) is 0 Å². The Bertz CT molecular complexity index is 1340. The summed E-state index contributed by atoms with van der Waals surface area (Å²) in [5, 5.41) is 0. The van der Waals surface area contributed by atoms with Crippen LogP contribution in [-0.4, -0.2) is 4.21 Å². The van der Waals surface area contributed by atoms with Gasteiger partial charge in [-0.1, -0.05) is 129 Å². The standard InChI is InChI=1S/C23H29.C13H19.C6H5.CH3.CH2.Zr/c1-14-9-16-11-17-10-15(2)21(23(6,7)8)13-19(17)18(16)12-20(14)22(3,4)5;1-11-6-7-12(10-11)13(2)8-4-3-5-9-13;1-2-4-6-5-3-1;;;/h9,12-13H,11H2,1-8H3;7,10-11H,3-5,8-9H2,1-2H3;1-5H;1H3;1H2;/q4*-1;;. The fourth-order valence-corrected chi connectivity index (χ4v) is 6.95. The van der Waals surface area contributed by atoms with E-state index in [0.29, 0.717) is 11.3 Å². The van der Waals surface area contributed by atoms with Crippen molar-refractivity contribution < 1.29 is 24.2 Å². The van der Waals surface area contributed by atoms with Crippen LogP contribution in [0.4, 0.5) is 0 Å². The van der Waals surface area contributed by atoms with E-state index in [9.17, 15) is 0 Å². The average Bonchev–Trinajstić information content (AvgIpc) is 3.57. The molecule has 3 aliphatic carbocycles. The molecule has 0 spiro atoms. The van der Waals surface area contributed by atoms with Gasteiger partial charge in [-0.3, -0.25) is 6.08 Å². The molecule has 1 heteroatoms. The van der Waals surface area contributed by atoms with Crippen LogP contribution in [0.2, 0.25) is 0 Å². The Labute approximate surface area is 293 Å². The van der Waals surface area contributed by atoms with Gasteiger partial charge in [-0.2, -0.15) is 65.7 Å². The van der Waals surface area contributed by atoms with Gasteiger partial charge in [0.05, 0.1) is 0 Å². The van der Waals surface area contributed by atoms with Gasteiger partial charge in [0.25, 0.3) is 0 Å². The number of benzene rings is 3. The van der Waals surface area contributed by atoms with Gasteiger partial charge in [0.1, 0.15) is 0 Å². The first-order chi connectivity index (χ1) is 20.7. The molecule has 6 rings (SSSR count). The Morgan fingerprint density at radius 1 is 0.822 bits per heavy atom. The third kappa shape index (κ3) is 10.2. The minimum atomic E-state index is 0. The molecule has 3 aliphatic rings. The van der Waals surface area contributed by atoms with Gasteiger partial charge in [0, 0.05) is 0 Å². The van der Waals surface area contributed by atoms with Gasteiger partial charge in [-0.25, -0.2) is 6.08 Å². The minimum absolute atomic E-state index is 0. The van der Waals surface area contributed by atoms with Crippen LogP contribution in [0.25, 0.3) is 11.1 Å². The van der Waals surface area contributed by atoms with Crippen molar-refractivity contribution in [1.82, 2.24) is 0 Å². The van der Waals surface area contributed by atoms with Crippen LogP contribution in [-0.2, 0) is 41.5 Å². The van der Waals surface area contributed by atoms with Crippen LogP contribution in [0.3, 0.4) is 0 Å². The van der Waals surface area contributed by atoms with Gasteiger partial charge < -0.3 is 7.43 Å². The smallest absolute Gasteiger partial charge is 0.171 e. The molecule has 0 N–H and O–H groups in total. The summed E-state index contributed by atoms with van der Waals surface area (Å²) in [6.07, 6.45) is 16.0. The molecule has 0 saturated heterocycles. The van der Waals surface area contributed by atoms with Crippen LogP contribution in [0, 0.1) is 50.8 Å². The monoisotopic (exact) mass is 676 g/mol. The van der Waals surface area contributed by atoms with E-state index in [0.717, 1.165) is 6.42 Å². The molecule has 1 atom stereocenters. The van der Waals surface area contributed by atoms with Crippen LogP contribution in [0.1, 0.15) is 121 Å². The summed E-state index contributed by atoms with van der Waals surface area (Å²) in [6.45, 7) is 22.9. The van der Waals surface area contributed by atoms with Crippen molar-refractivity contribution in [3.05, 3.63) is 125 Å². The van der Waals surface area contributed by atoms with Crippen molar-refractivity contribution in [3.8, 4) is 11.1 Å². The second-order valence-corrected chi connectivity index (χ2v) is 15.1. The molecule has 45 heavy (non-hydrogen) atoms. The fraction of sp³-hybridized carbons (Fsp3) is 0.455. The Balaban J connectivity index is 0.000000268. The average molecular weight is 678 g/mol. The van der Waals surface area contributed by atoms with Crippen molar-refractivity contribution in [2.75, 3.05) is 0 Å². The first-order valence-electron chi connectivity index (χ1n) is 16.5. The topological polar surface area (TPSA) is 0 Å². The molecule has 0 heterocycles. The Morgan fingerprint density at radius 3 is 1.87 bits per heavy atom. The van der Waals surface area contributed by atoms with Crippen molar-refractivity contribution in [1.29, 1.82) is 0 Å². The minimum Gasteiger partial charge on any atom is -0.358 e. The van der Waals surface area contributed by atoms with Gasteiger partial charge >= 0.3 is 28.4 Å². The predicted octanol–water partition coefficient (Wildman–Crippen LogP) is 12.1. The Morgan fingerprint density at radius 2 is 1.40 bits per heavy atom. The van der Waals surface area contributed by atoms with Crippen molar-refractivity contribution >= 4 is 4.21 Å². The number of rotatable bonds is 1. The second kappa shape index (κ2) is 16.6. The zero-order valence-corrected chi connectivity index (χ0v) is 32.8. The third-order valence-electron chi connectivity index (χ3n) is 9.27. The quantitative estimate of drug-likeness (QED) is 0.176. The largest absolute Gasteiger partial charge is 0.358 e. The van der Waals surface area contributed by atoms with E-state index in [1.807, 2.05) is 30.3 Å². The summed E-state index contributed by atoms with van der Waals surface area (Å²) in [5.74, 6) is 0.550. The molecule has 0 aromatic heterocycles. The van der Waals surface area contributed by atoms with Crippen LogP contribution >= 0.6 is 0 Å². The summed E-state index contributed by atoms with van der Waals surface area (Å²) in [7, 11) is 0. The SMILES string of the molecule is CC1[C-]=CC(C2(C)CCCCC2)=C1.Cc1[c-]c2c(cc1C(C)(C)C)-c1cc(C(C)(C)C)c(C)cc1C2.[CH2]=[Zr].[CH3-].[c-]1ccccc1. The summed E-state index contributed by atoms with van der Waals surface area (Å²) in [6, 6.07) is 23.4. The Kier molecular flexibility index (Phi) is 14.4. The van der Waals surface area contributed by atoms with E-state index >= 15 is 0 Å². The molecule has 1 fully saturated rings. The molecule has 0 nitrogen and oxygen atoms in total. The van der Waals surface area contributed by atoms with E-state index in [-0.39, 0.29) is 18.3 Å². The first kappa shape index (κ1) is 39.1. The number of hydrogen-bond donors (Lipinski definition) is 0. The number of hydrogen-bond acceptors (Lipinski definition) is 0. The molecule has 0 amide bonds. The molecule has 242 valence electrons. The van der Waals surface area contributed by atoms with Crippen LogP contribution in [0.15, 0.2) is 66.3 Å². The molecule has 1 unspecified atom stereocenters. The number of fused-ring (bicyclic) bond motifs is 3. The maximum Gasteiger partial charge on any atom is -0.171 e. The first-order valence-corrected chi connectivity index (χ1v) is 18.2. The van der Waals surface area contributed by atoms with E-state index in [1.165, 1.54) is 101 Å². The maximum atomic E-state index is 3.69. The normalized spacial score (nSPS) is 17.4. The molecule has 0 aliphatic heterocycles. The molecular weight excluding hydrogens is 620 g/mol. The fourth-order valence-electron chi connectivity index (χ4n) is 6.95. The third-order valence-corrected chi connectivity index (χ3v) is 9.27. The molecule has 0 radical (unpaired) electrons. The predicted molar refractivity (Wildman–Crippen MR) is 195 cm³/mol. The summed E-state index contributed by atoms with van der Waals surface area (Å²) in [5.41, 5.74) is 13.6. The zero-order valence-electron chi connectivity index (χ0n) is 30.3. The Hall–Kier alpha value is -2.11. The summed E-state index contributed by atoms with van der Waals surface area (Å²) < 4.78 is 3.34. The van der Waals surface area contributed by atoms with Crippen LogP contribution < -0.4 is 0 Å². The number of aryl methyl sites for hydroxylation is 2. The molecule has 3 aromatic carbocycles. The zero-order chi connectivity index (χ0) is 32.7. The summed E-state index contributed by atoms with van der Waals surface area (Å²) >= 11 is 1.30.